The van der Waals surface area contributed by atoms with Gasteiger partial charge in [0.15, 0.2) is 0 Å². The van der Waals surface area contributed by atoms with Crippen LogP contribution in [0, 0.1) is 6.92 Å². The lowest BCUT2D eigenvalue weighted by molar-refractivity contribution is 0.166. The van der Waals surface area contributed by atoms with Crippen LogP contribution in [0.3, 0.4) is 0 Å². The van der Waals surface area contributed by atoms with Crippen LogP contribution in [0.25, 0.3) is 0 Å². The SMILES string of the molecule is Cc1cc(C(O)CCc2ccco2)cs1. The molecule has 80 valence electrons. The molecule has 0 spiro atoms. The second-order valence-electron chi connectivity index (χ2n) is 3.62. The molecular formula is C12H14O2S. The third kappa shape index (κ3) is 2.70. The van der Waals surface area contributed by atoms with Gasteiger partial charge in [0.25, 0.3) is 0 Å². The van der Waals surface area contributed by atoms with Crippen molar-refractivity contribution in [2.45, 2.75) is 25.9 Å². The predicted octanol–water partition coefficient (Wildman–Crippen LogP) is 3.32. The number of furan rings is 1. The van der Waals surface area contributed by atoms with E-state index in [-0.39, 0.29) is 6.10 Å². The number of thiophene rings is 1. The highest BCUT2D eigenvalue weighted by Gasteiger charge is 2.09. The normalized spacial score (nSPS) is 12.9. The van der Waals surface area contributed by atoms with E-state index in [4.69, 9.17) is 4.42 Å². The lowest BCUT2D eigenvalue weighted by Crippen LogP contribution is -1.97. The van der Waals surface area contributed by atoms with Crippen molar-refractivity contribution in [1.29, 1.82) is 0 Å². The largest absolute Gasteiger partial charge is 0.469 e. The van der Waals surface area contributed by atoms with Gasteiger partial charge in [-0.3, -0.25) is 0 Å². The molecule has 0 aliphatic carbocycles. The Labute approximate surface area is 93.2 Å². The van der Waals surface area contributed by atoms with E-state index in [1.54, 1.807) is 17.6 Å². The summed E-state index contributed by atoms with van der Waals surface area (Å²) in [6, 6.07) is 5.85. The molecule has 0 fully saturated rings. The van der Waals surface area contributed by atoms with Gasteiger partial charge < -0.3 is 9.52 Å². The molecule has 15 heavy (non-hydrogen) atoms. The van der Waals surface area contributed by atoms with Crippen molar-refractivity contribution >= 4 is 11.3 Å². The highest BCUT2D eigenvalue weighted by Crippen LogP contribution is 2.23. The smallest absolute Gasteiger partial charge is 0.103 e. The molecule has 3 heteroatoms. The minimum atomic E-state index is -0.375. The third-order valence-electron chi connectivity index (χ3n) is 2.38. The maximum Gasteiger partial charge on any atom is 0.103 e. The number of hydrogen-bond acceptors (Lipinski definition) is 3. The van der Waals surface area contributed by atoms with E-state index in [1.807, 2.05) is 30.5 Å². The molecule has 2 nitrogen and oxygen atoms in total. The van der Waals surface area contributed by atoms with Crippen LogP contribution < -0.4 is 0 Å². The van der Waals surface area contributed by atoms with Gasteiger partial charge in [-0.1, -0.05) is 0 Å². The molecular weight excluding hydrogens is 208 g/mol. The Hall–Kier alpha value is -1.06. The number of aliphatic hydroxyl groups is 1. The predicted molar refractivity (Wildman–Crippen MR) is 61.0 cm³/mol. The summed E-state index contributed by atoms with van der Waals surface area (Å²) in [4.78, 5) is 1.24. The Balaban J connectivity index is 1.90. The van der Waals surface area contributed by atoms with Crippen LogP contribution in [-0.2, 0) is 6.42 Å². The fourth-order valence-electron chi connectivity index (χ4n) is 1.54. The van der Waals surface area contributed by atoms with E-state index in [9.17, 15) is 5.11 Å². The van der Waals surface area contributed by atoms with Crippen LogP contribution in [0.1, 0.15) is 28.7 Å². The zero-order valence-corrected chi connectivity index (χ0v) is 9.46. The fourth-order valence-corrected chi connectivity index (χ4v) is 2.29. The minimum Gasteiger partial charge on any atom is -0.469 e. The van der Waals surface area contributed by atoms with Gasteiger partial charge >= 0.3 is 0 Å². The van der Waals surface area contributed by atoms with Crippen molar-refractivity contribution < 1.29 is 9.52 Å². The van der Waals surface area contributed by atoms with E-state index in [1.165, 1.54) is 4.88 Å². The van der Waals surface area contributed by atoms with E-state index < -0.39 is 0 Å². The second kappa shape index (κ2) is 4.64. The van der Waals surface area contributed by atoms with Gasteiger partial charge in [-0.05, 0) is 42.5 Å². The first-order chi connectivity index (χ1) is 7.25. The quantitative estimate of drug-likeness (QED) is 0.861. The summed E-state index contributed by atoms with van der Waals surface area (Å²) in [5, 5.41) is 11.9. The van der Waals surface area contributed by atoms with Gasteiger partial charge in [-0.25, -0.2) is 0 Å². The molecule has 1 unspecified atom stereocenters. The first-order valence-electron chi connectivity index (χ1n) is 5.01. The van der Waals surface area contributed by atoms with E-state index in [2.05, 4.69) is 0 Å². The lowest BCUT2D eigenvalue weighted by Gasteiger charge is -2.06. The number of aliphatic hydroxyl groups excluding tert-OH is 1. The van der Waals surface area contributed by atoms with E-state index in [0.717, 1.165) is 17.7 Å². The molecule has 2 aromatic heterocycles. The zero-order chi connectivity index (χ0) is 10.7. The lowest BCUT2D eigenvalue weighted by atomic mass is 10.1. The Bertz CT molecular complexity index is 403. The van der Waals surface area contributed by atoms with Crippen molar-refractivity contribution in [3.63, 3.8) is 0 Å². The molecule has 0 aliphatic heterocycles. The first-order valence-corrected chi connectivity index (χ1v) is 5.89. The number of rotatable bonds is 4. The molecule has 1 atom stereocenters. The molecule has 2 heterocycles. The average Bonchev–Trinajstić information content (AvgIpc) is 2.84. The average molecular weight is 222 g/mol. The summed E-state index contributed by atoms with van der Waals surface area (Å²) < 4.78 is 5.22. The summed E-state index contributed by atoms with van der Waals surface area (Å²) in [5.74, 6) is 0.931. The zero-order valence-electron chi connectivity index (χ0n) is 8.64. The third-order valence-corrected chi connectivity index (χ3v) is 3.26. The standard InChI is InChI=1S/C12H14O2S/c1-9-7-10(8-15-9)12(13)5-4-11-3-2-6-14-11/h2-3,6-8,12-13H,4-5H2,1H3. The molecule has 0 radical (unpaired) electrons. The number of hydrogen-bond donors (Lipinski definition) is 1. The molecule has 0 saturated carbocycles. The van der Waals surface area contributed by atoms with Gasteiger partial charge in [-0.15, -0.1) is 11.3 Å². The Morgan fingerprint density at radius 2 is 2.40 bits per heavy atom. The second-order valence-corrected chi connectivity index (χ2v) is 4.74. The first kappa shape index (κ1) is 10.5. The summed E-state index contributed by atoms with van der Waals surface area (Å²) in [7, 11) is 0. The summed E-state index contributed by atoms with van der Waals surface area (Å²) >= 11 is 1.67. The molecule has 0 amide bonds. The van der Waals surface area contributed by atoms with E-state index >= 15 is 0 Å². The minimum absolute atomic E-state index is 0.375. The highest BCUT2D eigenvalue weighted by atomic mass is 32.1. The van der Waals surface area contributed by atoms with Gasteiger partial charge in [0.05, 0.1) is 12.4 Å². The summed E-state index contributed by atoms with van der Waals surface area (Å²) in [5.41, 5.74) is 1.02. The fraction of sp³-hybridized carbons (Fsp3) is 0.333. The molecule has 0 aromatic carbocycles. The maximum absolute atomic E-state index is 9.90. The van der Waals surface area contributed by atoms with Gasteiger partial charge in [0, 0.05) is 11.3 Å². The monoisotopic (exact) mass is 222 g/mol. The topological polar surface area (TPSA) is 33.4 Å². The van der Waals surface area contributed by atoms with Crippen molar-refractivity contribution in [2.24, 2.45) is 0 Å². The Morgan fingerprint density at radius 3 is 3.00 bits per heavy atom. The van der Waals surface area contributed by atoms with Crippen molar-refractivity contribution in [3.8, 4) is 0 Å². The molecule has 2 rings (SSSR count). The Morgan fingerprint density at radius 1 is 1.53 bits per heavy atom. The number of aryl methyl sites for hydroxylation is 2. The molecule has 2 aromatic rings. The van der Waals surface area contributed by atoms with Crippen molar-refractivity contribution in [3.05, 3.63) is 46.0 Å². The molecule has 0 bridgehead atoms. The van der Waals surface area contributed by atoms with Crippen LogP contribution >= 0.6 is 11.3 Å². The molecule has 0 aliphatic rings. The van der Waals surface area contributed by atoms with E-state index in [0.29, 0.717) is 6.42 Å². The van der Waals surface area contributed by atoms with Crippen molar-refractivity contribution in [1.82, 2.24) is 0 Å². The summed E-state index contributed by atoms with van der Waals surface area (Å²) in [6.07, 6.45) is 2.78. The van der Waals surface area contributed by atoms with Crippen molar-refractivity contribution in [2.75, 3.05) is 0 Å². The van der Waals surface area contributed by atoms with Crippen LogP contribution in [0.5, 0.6) is 0 Å². The van der Waals surface area contributed by atoms with Gasteiger partial charge in [0.1, 0.15) is 5.76 Å². The Kier molecular flexibility index (Phi) is 3.23. The van der Waals surface area contributed by atoms with Crippen LogP contribution in [0.4, 0.5) is 0 Å². The van der Waals surface area contributed by atoms with Crippen LogP contribution in [0.15, 0.2) is 34.3 Å². The molecule has 0 saturated heterocycles. The van der Waals surface area contributed by atoms with Crippen LogP contribution in [-0.4, -0.2) is 5.11 Å². The highest BCUT2D eigenvalue weighted by molar-refractivity contribution is 7.10. The maximum atomic E-state index is 9.90. The van der Waals surface area contributed by atoms with Crippen LogP contribution in [0.2, 0.25) is 0 Å². The van der Waals surface area contributed by atoms with Gasteiger partial charge in [-0.2, -0.15) is 0 Å². The van der Waals surface area contributed by atoms with Gasteiger partial charge in [0.2, 0.25) is 0 Å². The molecule has 1 N–H and O–H groups in total. The summed E-state index contributed by atoms with van der Waals surface area (Å²) in [6.45, 7) is 2.05.